The van der Waals surface area contributed by atoms with Crippen molar-refractivity contribution < 1.29 is 9.72 Å². The molecule has 1 aromatic rings. The summed E-state index contributed by atoms with van der Waals surface area (Å²) in [7, 11) is 0. The van der Waals surface area contributed by atoms with Gasteiger partial charge < -0.3 is 10.6 Å². The molecule has 98 valence electrons. The van der Waals surface area contributed by atoms with Crippen LogP contribution in [0.4, 0.5) is 11.5 Å². The Morgan fingerprint density at radius 3 is 2.78 bits per heavy atom. The Morgan fingerprint density at radius 1 is 1.61 bits per heavy atom. The molecule has 1 amide bonds. The zero-order valence-corrected chi connectivity index (χ0v) is 10.7. The van der Waals surface area contributed by atoms with E-state index >= 15 is 0 Å². The molecule has 1 rings (SSSR count). The number of hydrogen-bond acceptors (Lipinski definition) is 5. The number of pyridine rings is 1. The van der Waals surface area contributed by atoms with Gasteiger partial charge in [-0.25, -0.2) is 4.98 Å². The normalized spacial score (nSPS) is 10.2. The number of nitrogens with one attached hydrogen (secondary N) is 2. The lowest BCUT2D eigenvalue weighted by molar-refractivity contribution is -0.385. The Morgan fingerprint density at radius 2 is 2.28 bits per heavy atom. The SMILES string of the molecule is CC(C)NC(=O)CNc1ncc([N+](=O)[O-])cc1Cl. The summed E-state index contributed by atoms with van der Waals surface area (Å²) in [4.78, 5) is 25.0. The molecule has 1 heterocycles. The van der Waals surface area contributed by atoms with Crippen LogP contribution in [-0.4, -0.2) is 28.4 Å². The number of hydrogen-bond donors (Lipinski definition) is 2. The number of carbonyl (C=O) groups excluding carboxylic acids is 1. The van der Waals surface area contributed by atoms with Gasteiger partial charge in [0.25, 0.3) is 5.69 Å². The quantitative estimate of drug-likeness (QED) is 0.626. The van der Waals surface area contributed by atoms with Crippen molar-refractivity contribution in [1.29, 1.82) is 0 Å². The van der Waals surface area contributed by atoms with Crippen LogP contribution in [-0.2, 0) is 4.79 Å². The summed E-state index contributed by atoms with van der Waals surface area (Å²) in [5.41, 5.74) is -0.197. The molecule has 0 atom stereocenters. The molecule has 0 fully saturated rings. The van der Waals surface area contributed by atoms with Gasteiger partial charge >= 0.3 is 0 Å². The van der Waals surface area contributed by atoms with Crippen LogP contribution in [0, 0.1) is 10.1 Å². The Balaban J connectivity index is 2.63. The van der Waals surface area contributed by atoms with E-state index in [9.17, 15) is 14.9 Å². The molecule has 7 nitrogen and oxygen atoms in total. The van der Waals surface area contributed by atoms with Gasteiger partial charge in [0.1, 0.15) is 12.0 Å². The van der Waals surface area contributed by atoms with Crippen molar-refractivity contribution in [3.05, 3.63) is 27.4 Å². The highest BCUT2D eigenvalue weighted by atomic mass is 35.5. The molecule has 0 aliphatic heterocycles. The number of aromatic nitrogens is 1. The third-order valence-electron chi connectivity index (χ3n) is 1.90. The Bertz CT molecular complexity index is 464. The van der Waals surface area contributed by atoms with Gasteiger partial charge in [-0.05, 0) is 13.8 Å². The average Bonchev–Trinajstić information content (AvgIpc) is 2.26. The molecule has 0 saturated carbocycles. The Hall–Kier alpha value is -1.89. The van der Waals surface area contributed by atoms with E-state index in [-0.39, 0.29) is 35.0 Å². The van der Waals surface area contributed by atoms with Crippen molar-refractivity contribution in [3.63, 3.8) is 0 Å². The predicted molar refractivity (Wildman–Crippen MR) is 67.7 cm³/mol. The van der Waals surface area contributed by atoms with Crippen LogP contribution in [0.3, 0.4) is 0 Å². The molecule has 18 heavy (non-hydrogen) atoms. The average molecular weight is 273 g/mol. The molecular formula is C10H13ClN4O3. The monoisotopic (exact) mass is 272 g/mol. The molecule has 0 aliphatic carbocycles. The molecule has 0 unspecified atom stereocenters. The number of halogens is 1. The summed E-state index contributed by atoms with van der Waals surface area (Å²) < 4.78 is 0. The third kappa shape index (κ3) is 4.17. The lowest BCUT2D eigenvalue weighted by Gasteiger charge is -2.10. The zero-order chi connectivity index (χ0) is 13.7. The van der Waals surface area contributed by atoms with Crippen LogP contribution in [0.1, 0.15) is 13.8 Å². The molecule has 0 spiro atoms. The van der Waals surface area contributed by atoms with Gasteiger partial charge in [-0.2, -0.15) is 0 Å². The topological polar surface area (TPSA) is 97.2 Å². The van der Waals surface area contributed by atoms with E-state index in [1.165, 1.54) is 6.07 Å². The predicted octanol–water partition coefficient (Wildman–Crippen LogP) is 1.58. The highest BCUT2D eigenvalue weighted by Gasteiger charge is 2.11. The lowest BCUT2D eigenvalue weighted by Crippen LogP contribution is -2.35. The number of carbonyl (C=O) groups is 1. The van der Waals surface area contributed by atoms with Crippen LogP contribution >= 0.6 is 11.6 Å². The first kappa shape index (κ1) is 14.2. The Labute approximate surface area is 109 Å². The lowest BCUT2D eigenvalue weighted by atomic mass is 10.4. The van der Waals surface area contributed by atoms with E-state index in [0.717, 1.165) is 6.20 Å². The maximum absolute atomic E-state index is 11.4. The van der Waals surface area contributed by atoms with E-state index < -0.39 is 4.92 Å². The number of nitro groups is 1. The van der Waals surface area contributed by atoms with Crippen molar-refractivity contribution in [3.8, 4) is 0 Å². The molecule has 0 aromatic carbocycles. The van der Waals surface area contributed by atoms with E-state index in [1.807, 2.05) is 13.8 Å². The van der Waals surface area contributed by atoms with Crippen LogP contribution < -0.4 is 10.6 Å². The standard InChI is InChI=1S/C10H13ClN4O3/c1-6(2)14-9(16)5-13-10-8(11)3-7(4-12-10)15(17)18/h3-4,6H,5H2,1-2H3,(H,12,13)(H,14,16). The smallest absolute Gasteiger partial charge is 0.289 e. The maximum Gasteiger partial charge on any atom is 0.289 e. The van der Waals surface area contributed by atoms with Crippen molar-refractivity contribution >= 4 is 29.0 Å². The summed E-state index contributed by atoms with van der Waals surface area (Å²) in [6.07, 6.45) is 1.08. The molecule has 1 aromatic heterocycles. The third-order valence-corrected chi connectivity index (χ3v) is 2.19. The number of rotatable bonds is 5. The fourth-order valence-electron chi connectivity index (χ4n) is 1.19. The minimum Gasteiger partial charge on any atom is -0.360 e. The second-order valence-electron chi connectivity index (χ2n) is 3.86. The molecule has 0 radical (unpaired) electrons. The van der Waals surface area contributed by atoms with Crippen LogP contribution in [0.25, 0.3) is 0 Å². The van der Waals surface area contributed by atoms with Crippen molar-refractivity contribution in [1.82, 2.24) is 10.3 Å². The van der Waals surface area contributed by atoms with Crippen LogP contribution in [0.15, 0.2) is 12.3 Å². The maximum atomic E-state index is 11.4. The van der Waals surface area contributed by atoms with Gasteiger partial charge in [0.15, 0.2) is 0 Å². The minimum absolute atomic E-state index is 0.00269. The van der Waals surface area contributed by atoms with Crippen molar-refractivity contribution in [2.24, 2.45) is 0 Å². The van der Waals surface area contributed by atoms with Crippen molar-refractivity contribution in [2.75, 3.05) is 11.9 Å². The number of amides is 1. The van der Waals surface area contributed by atoms with Gasteiger partial charge in [-0.3, -0.25) is 14.9 Å². The van der Waals surface area contributed by atoms with Gasteiger partial charge in [-0.1, -0.05) is 11.6 Å². The van der Waals surface area contributed by atoms with Gasteiger partial charge in [0.2, 0.25) is 5.91 Å². The van der Waals surface area contributed by atoms with E-state index in [2.05, 4.69) is 15.6 Å². The molecule has 0 aliphatic rings. The number of nitrogens with zero attached hydrogens (tertiary/aromatic N) is 2. The first-order valence-electron chi connectivity index (χ1n) is 5.23. The van der Waals surface area contributed by atoms with Gasteiger partial charge in [-0.15, -0.1) is 0 Å². The second kappa shape index (κ2) is 6.15. The molecule has 0 bridgehead atoms. The van der Waals surface area contributed by atoms with E-state index in [1.54, 1.807) is 0 Å². The number of anilines is 1. The summed E-state index contributed by atoms with van der Waals surface area (Å²) >= 11 is 5.80. The minimum atomic E-state index is -0.589. The molecule has 8 heteroatoms. The zero-order valence-electron chi connectivity index (χ0n) is 9.94. The summed E-state index contributed by atoms with van der Waals surface area (Å²) in [5, 5.41) is 16.0. The van der Waals surface area contributed by atoms with E-state index in [0.29, 0.717) is 0 Å². The summed E-state index contributed by atoms with van der Waals surface area (Å²) in [6.45, 7) is 3.69. The second-order valence-corrected chi connectivity index (χ2v) is 4.26. The first-order chi connectivity index (χ1) is 8.40. The summed E-state index contributed by atoms with van der Waals surface area (Å²) in [6, 6.07) is 1.22. The fraction of sp³-hybridized carbons (Fsp3) is 0.400. The van der Waals surface area contributed by atoms with Gasteiger partial charge in [0, 0.05) is 12.1 Å². The highest BCUT2D eigenvalue weighted by Crippen LogP contribution is 2.23. The molecule has 0 saturated heterocycles. The fourth-order valence-corrected chi connectivity index (χ4v) is 1.42. The Kier molecular flexibility index (Phi) is 4.85. The molecule has 2 N–H and O–H groups in total. The summed E-state index contributed by atoms with van der Waals surface area (Å²) in [5.74, 6) is 0.0300. The molecular weight excluding hydrogens is 260 g/mol. The van der Waals surface area contributed by atoms with Crippen molar-refractivity contribution in [2.45, 2.75) is 19.9 Å². The van der Waals surface area contributed by atoms with Crippen LogP contribution in [0.5, 0.6) is 0 Å². The van der Waals surface area contributed by atoms with Crippen LogP contribution in [0.2, 0.25) is 5.02 Å². The van der Waals surface area contributed by atoms with Gasteiger partial charge in [0.05, 0.1) is 16.5 Å². The largest absolute Gasteiger partial charge is 0.360 e. The highest BCUT2D eigenvalue weighted by molar-refractivity contribution is 6.33. The van der Waals surface area contributed by atoms with E-state index in [4.69, 9.17) is 11.6 Å². The first-order valence-corrected chi connectivity index (χ1v) is 5.61.